The molecule has 1 heteroatoms. The maximum Gasteiger partial charge on any atom is 0.0756 e. The molecule has 0 fully saturated rings. The first-order valence-corrected chi connectivity index (χ1v) is 4.13. The third-order valence-corrected chi connectivity index (χ3v) is 1.80. The molecule has 1 heterocycles. The highest BCUT2D eigenvalue weighted by atomic mass is 16.5. The molecule has 0 aromatic carbocycles. The lowest BCUT2D eigenvalue weighted by molar-refractivity contribution is 0.0541. The van der Waals surface area contributed by atoms with Gasteiger partial charge in [0.25, 0.3) is 0 Å². The molecule has 0 radical (unpaired) electrons. The number of hydrogen-bond acceptors (Lipinski definition) is 1. The highest BCUT2D eigenvalue weighted by molar-refractivity contribution is 4.96. The fourth-order valence-corrected chi connectivity index (χ4v) is 1.16. The monoisotopic (exact) mass is 140 g/mol. The Kier molecular flexibility index (Phi) is 2.94. The minimum Gasteiger partial charge on any atom is -0.374 e. The summed E-state index contributed by atoms with van der Waals surface area (Å²) in [4.78, 5) is 0. The van der Waals surface area contributed by atoms with Gasteiger partial charge in [-0.3, -0.25) is 0 Å². The van der Waals surface area contributed by atoms with Crippen LogP contribution < -0.4 is 0 Å². The summed E-state index contributed by atoms with van der Waals surface area (Å²) >= 11 is 0. The molecule has 1 aliphatic heterocycles. The summed E-state index contributed by atoms with van der Waals surface area (Å²) in [7, 11) is 0. The fourth-order valence-electron chi connectivity index (χ4n) is 1.16. The van der Waals surface area contributed by atoms with Gasteiger partial charge in [-0.05, 0) is 12.3 Å². The quantitative estimate of drug-likeness (QED) is 0.535. The third-order valence-electron chi connectivity index (χ3n) is 1.80. The first-order valence-electron chi connectivity index (χ1n) is 4.13. The van der Waals surface area contributed by atoms with Crippen molar-refractivity contribution in [2.45, 2.75) is 32.8 Å². The second kappa shape index (κ2) is 3.77. The lowest BCUT2D eigenvalue weighted by atomic mass is 10.1. The molecule has 2 unspecified atom stereocenters. The predicted octanol–water partition coefficient (Wildman–Crippen LogP) is 2.38. The van der Waals surface area contributed by atoms with Crippen molar-refractivity contribution in [1.82, 2.24) is 0 Å². The lowest BCUT2D eigenvalue weighted by Gasteiger charge is -2.20. The molecule has 1 nitrogen and oxygen atoms in total. The Bertz CT molecular complexity index is 118. The third kappa shape index (κ3) is 2.14. The van der Waals surface area contributed by atoms with Gasteiger partial charge in [0.2, 0.25) is 0 Å². The maximum absolute atomic E-state index is 5.54. The summed E-state index contributed by atoms with van der Waals surface area (Å²) < 4.78 is 5.54. The fraction of sp³-hybridized carbons (Fsp3) is 0.778. The van der Waals surface area contributed by atoms with Crippen LogP contribution in [0.2, 0.25) is 0 Å². The zero-order valence-corrected chi connectivity index (χ0v) is 6.84. The summed E-state index contributed by atoms with van der Waals surface area (Å²) in [5, 5.41) is 0. The van der Waals surface area contributed by atoms with Gasteiger partial charge in [-0.15, -0.1) is 0 Å². The zero-order valence-electron chi connectivity index (χ0n) is 6.84. The van der Waals surface area contributed by atoms with Crippen LogP contribution in [0.3, 0.4) is 0 Å². The molecule has 0 amide bonds. The Balaban J connectivity index is 2.30. The van der Waals surface area contributed by atoms with E-state index in [0.717, 1.165) is 6.61 Å². The van der Waals surface area contributed by atoms with Gasteiger partial charge in [-0.1, -0.05) is 32.4 Å². The molecule has 10 heavy (non-hydrogen) atoms. The molecule has 1 rings (SSSR count). The van der Waals surface area contributed by atoms with Crippen LogP contribution in [0, 0.1) is 5.92 Å². The van der Waals surface area contributed by atoms with Crippen molar-refractivity contribution >= 4 is 0 Å². The van der Waals surface area contributed by atoms with E-state index >= 15 is 0 Å². The van der Waals surface area contributed by atoms with E-state index in [4.69, 9.17) is 4.74 Å². The van der Waals surface area contributed by atoms with Crippen LogP contribution in [0.4, 0.5) is 0 Å². The van der Waals surface area contributed by atoms with Crippen LogP contribution in [0.15, 0.2) is 12.2 Å². The molecule has 0 saturated carbocycles. The average Bonchev–Trinajstić information content (AvgIpc) is 1.95. The van der Waals surface area contributed by atoms with E-state index in [0.29, 0.717) is 12.0 Å². The summed E-state index contributed by atoms with van der Waals surface area (Å²) in [6.07, 6.45) is 7.23. The number of rotatable bonds is 2. The predicted molar refractivity (Wildman–Crippen MR) is 43.0 cm³/mol. The van der Waals surface area contributed by atoms with E-state index in [1.54, 1.807) is 0 Å². The molecule has 0 saturated heterocycles. The Morgan fingerprint density at radius 3 is 2.80 bits per heavy atom. The van der Waals surface area contributed by atoms with Gasteiger partial charge in [0.1, 0.15) is 0 Å². The largest absolute Gasteiger partial charge is 0.374 e. The van der Waals surface area contributed by atoms with Crippen molar-refractivity contribution in [3.8, 4) is 0 Å². The highest BCUT2D eigenvalue weighted by Gasteiger charge is 2.10. The van der Waals surface area contributed by atoms with Crippen LogP contribution in [0.25, 0.3) is 0 Å². The van der Waals surface area contributed by atoms with E-state index < -0.39 is 0 Å². The molecule has 0 aliphatic carbocycles. The van der Waals surface area contributed by atoms with E-state index in [1.165, 1.54) is 12.8 Å². The van der Waals surface area contributed by atoms with Crippen LogP contribution in [0.5, 0.6) is 0 Å². The summed E-state index contributed by atoms with van der Waals surface area (Å²) in [6, 6.07) is 0. The van der Waals surface area contributed by atoms with Gasteiger partial charge in [-0.25, -0.2) is 0 Å². The molecule has 0 aromatic heterocycles. The van der Waals surface area contributed by atoms with Crippen molar-refractivity contribution in [1.29, 1.82) is 0 Å². The molecule has 0 aromatic rings. The molecule has 0 spiro atoms. The van der Waals surface area contributed by atoms with E-state index in [9.17, 15) is 0 Å². The van der Waals surface area contributed by atoms with E-state index in [-0.39, 0.29) is 0 Å². The van der Waals surface area contributed by atoms with E-state index in [2.05, 4.69) is 26.0 Å². The zero-order chi connectivity index (χ0) is 7.40. The highest BCUT2D eigenvalue weighted by Crippen LogP contribution is 2.13. The van der Waals surface area contributed by atoms with Crippen LogP contribution in [-0.2, 0) is 4.74 Å². The Labute approximate surface area is 63.1 Å². The topological polar surface area (TPSA) is 9.23 Å². The van der Waals surface area contributed by atoms with Crippen molar-refractivity contribution in [3.05, 3.63) is 12.2 Å². The van der Waals surface area contributed by atoms with Gasteiger partial charge < -0.3 is 4.74 Å². The molecule has 1 aliphatic rings. The smallest absolute Gasteiger partial charge is 0.0756 e. The molecule has 58 valence electrons. The second-order valence-corrected chi connectivity index (χ2v) is 3.02. The van der Waals surface area contributed by atoms with Gasteiger partial charge in [0, 0.05) is 0 Å². The summed E-state index contributed by atoms with van der Waals surface area (Å²) in [5.41, 5.74) is 0. The van der Waals surface area contributed by atoms with Crippen LogP contribution in [-0.4, -0.2) is 12.7 Å². The molecular formula is C9H16O. The van der Waals surface area contributed by atoms with Crippen LogP contribution >= 0.6 is 0 Å². The van der Waals surface area contributed by atoms with Gasteiger partial charge in [-0.2, -0.15) is 0 Å². The van der Waals surface area contributed by atoms with Crippen molar-refractivity contribution in [2.75, 3.05) is 6.61 Å². The van der Waals surface area contributed by atoms with Crippen LogP contribution in [0.1, 0.15) is 26.7 Å². The normalized spacial score (nSPS) is 32.6. The van der Waals surface area contributed by atoms with Crippen molar-refractivity contribution in [2.24, 2.45) is 5.92 Å². The Morgan fingerprint density at radius 2 is 2.30 bits per heavy atom. The number of ether oxygens (including phenoxy) is 1. The second-order valence-electron chi connectivity index (χ2n) is 3.02. The Morgan fingerprint density at radius 1 is 1.50 bits per heavy atom. The maximum atomic E-state index is 5.54. The first-order chi connectivity index (χ1) is 4.83. The average molecular weight is 140 g/mol. The minimum absolute atomic E-state index is 0.404. The van der Waals surface area contributed by atoms with Crippen molar-refractivity contribution < 1.29 is 4.74 Å². The van der Waals surface area contributed by atoms with Gasteiger partial charge in [0.15, 0.2) is 0 Å². The van der Waals surface area contributed by atoms with E-state index in [1.807, 2.05) is 0 Å². The van der Waals surface area contributed by atoms with Gasteiger partial charge >= 0.3 is 0 Å². The summed E-state index contributed by atoms with van der Waals surface area (Å²) in [6.45, 7) is 5.27. The Hall–Kier alpha value is -0.300. The molecule has 0 N–H and O–H groups in total. The molecule has 0 bridgehead atoms. The first kappa shape index (κ1) is 7.80. The van der Waals surface area contributed by atoms with Gasteiger partial charge in [0.05, 0.1) is 12.7 Å². The number of hydrogen-bond donors (Lipinski definition) is 0. The molecule has 2 atom stereocenters. The SMILES string of the molecule is CCCC1C=CC(C)CO1. The van der Waals surface area contributed by atoms with Crippen molar-refractivity contribution in [3.63, 3.8) is 0 Å². The standard InChI is InChI=1S/C9H16O/c1-3-4-9-6-5-8(2)7-10-9/h5-6,8-9H,3-4,7H2,1-2H3. The summed E-state index contributed by atoms with van der Waals surface area (Å²) in [5.74, 6) is 0.619. The minimum atomic E-state index is 0.404. The lowest BCUT2D eigenvalue weighted by Crippen LogP contribution is -2.18. The molecular weight excluding hydrogens is 124 g/mol.